The maximum absolute atomic E-state index is 12.8. The van der Waals surface area contributed by atoms with Gasteiger partial charge >= 0.3 is 0 Å². The zero-order valence-corrected chi connectivity index (χ0v) is 25.4. The van der Waals surface area contributed by atoms with Crippen LogP contribution in [0.4, 0.5) is 11.6 Å². The van der Waals surface area contributed by atoms with Crippen molar-refractivity contribution in [2.45, 2.75) is 66.7 Å². The highest BCUT2D eigenvalue weighted by molar-refractivity contribution is 6.33. The van der Waals surface area contributed by atoms with Gasteiger partial charge in [0.05, 0.1) is 22.4 Å². The summed E-state index contributed by atoms with van der Waals surface area (Å²) in [5.74, 6) is 2.34. The van der Waals surface area contributed by atoms with Crippen LogP contribution in [0.5, 0.6) is 5.75 Å². The van der Waals surface area contributed by atoms with E-state index < -0.39 is 6.10 Å². The number of rotatable bonds is 11. The first-order valence-corrected chi connectivity index (χ1v) is 14.3. The van der Waals surface area contributed by atoms with Gasteiger partial charge in [-0.3, -0.25) is 4.79 Å². The normalized spacial score (nSPS) is 14.0. The number of ketones is 1. The lowest BCUT2D eigenvalue weighted by molar-refractivity contribution is -0.111. The van der Waals surface area contributed by atoms with Crippen LogP contribution in [0.1, 0.15) is 62.9 Å². The van der Waals surface area contributed by atoms with Crippen molar-refractivity contribution in [1.82, 2.24) is 15.0 Å². The average molecular weight is 579 g/mol. The highest BCUT2D eigenvalue weighted by Crippen LogP contribution is 2.38. The number of carbonyl (C=O) groups excluding carboxylic acids is 1. The highest BCUT2D eigenvalue weighted by atomic mass is 35.5. The SMILES string of the molecule is CCC[C@@H](O)COc1ccc(Cl)c(-c2nc(C(C(C)=O)=C(C)N)c(C)c(N3Cc4ccnc(N(C)CC)c4C3)n2)c1. The van der Waals surface area contributed by atoms with Crippen molar-refractivity contribution in [3.05, 3.63) is 63.6 Å². The number of pyridine rings is 1. The molecule has 0 aliphatic carbocycles. The van der Waals surface area contributed by atoms with Crippen LogP contribution in [0.15, 0.2) is 36.2 Å². The molecule has 0 unspecified atom stereocenters. The standard InChI is InChI=1S/C31H39ClN6O3/c1-7-9-22(40)17-41-23-10-11-26(32)24(14-23)29-35-28(27(19(4)33)20(5)39)18(3)30(36-29)38-15-21-12-13-34-31(25(21)16-38)37(6)8-2/h10-14,22,40H,7-9,15-17,33H2,1-6H3/t22-/m1/s1. The molecule has 3 aromatic rings. The van der Waals surface area contributed by atoms with E-state index in [4.69, 9.17) is 32.0 Å². The summed E-state index contributed by atoms with van der Waals surface area (Å²) in [6, 6.07) is 7.28. The fourth-order valence-corrected chi connectivity index (χ4v) is 5.31. The third-order valence-corrected chi connectivity index (χ3v) is 7.65. The van der Waals surface area contributed by atoms with Crippen molar-refractivity contribution < 1.29 is 14.6 Å². The van der Waals surface area contributed by atoms with Gasteiger partial charge in [-0.2, -0.15) is 0 Å². The molecule has 0 spiro atoms. The Morgan fingerprint density at radius 1 is 1.22 bits per heavy atom. The van der Waals surface area contributed by atoms with Crippen LogP contribution in [0.2, 0.25) is 5.02 Å². The number of nitrogens with two attached hydrogens (primary N) is 1. The second kappa shape index (κ2) is 12.9. The molecule has 0 saturated carbocycles. The molecule has 0 fully saturated rings. The molecule has 0 amide bonds. The molecule has 3 heterocycles. The fraction of sp³-hybridized carbons (Fsp3) is 0.419. The Kier molecular flexibility index (Phi) is 9.50. The lowest BCUT2D eigenvalue weighted by atomic mass is 10.0. The van der Waals surface area contributed by atoms with Crippen LogP contribution in [0.25, 0.3) is 17.0 Å². The van der Waals surface area contributed by atoms with Crippen molar-refractivity contribution in [2.75, 3.05) is 30.0 Å². The highest BCUT2D eigenvalue weighted by Gasteiger charge is 2.29. The minimum absolute atomic E-state index is 0.165. The Morgan fingerprint density at radius 2 is 1.98 bits per heavy atom. The van der Waals surface area contributed by atoms with E-state index in [1.165, 1.54) is 12.5 Å². The van der Waals surface area contributed by atoms with Gasteiger partial charge in [0.1, 0.15) is 24.0 Å². The summed E-state index contributed by atoms with van der Waals surface area (Å²) in [7, 11) is 2.03. The van der Waals surface area contributed by atoms with Crippen molar-refractivity contribution >= 4 is 34.6 Å². The molecule has 2 aromatic heterocycles. The van der Waals surface area contributed by atoms with Gasteiger partial charge in [0.15, 0.2) is 11.6 Å². The van der Waals surface area contributed by atoms with Crippen LogP contribution in [0.3, 0.4) is 0 Å². The quantitative estimate of drug-likeness (QED) is 0.292. The Bertz CT molecular complexity index is 1470. The smallest absolute Gasteiger partial charge is 0.163 e. The third-order valence-electron chi connectivity index (χ3n) is 7.32. The molecule has 0 bridgehead atoms. The van der Waals surface area contributed by atoms with Gasteiger partial charge in [-0.05, 0) is 63.9 Å². The number of halogens is 1. The average Bonchev–Trinajstić information content (AvgIpc) is 3.37. The Labute approximate surface area is 247 Å². The summed E-state index contributed by atoms with van der Waals surface area (Å²) in [5.41, 5.74) is 11.0. The predicted molar refractivity (Wildman–Crippen MR) is 164 cm³/mol. The minimum atomic E-state index is -0.563. The van der Waals surface area contributed by atoms with E-state index in [2.05, 4.69) is 21.7 Å². The number of aliphatic hydroxyl groups is 1. The number of hydrogen-bond acceptors (Lipinski definition) is 9. The van der Waals surface area contributed by atoms with Crippen molar-refractivity contribution in [3.8, 4) is 17.1 Å². The number of Topliss-reactive ketones (excluding diaryl/α,β-unsaturated/α-hetero) is 1. The number of allylic oxidation sites excluding steroid dienone is 2. The predicted octanol–water partition coefficient (Wildman–Crippen LogP) is 5.30. The fourth-order valence-electron chi connectivity index (χ4n) is 5.10. The zero-order chi connectivity index (χ0) is 29.8. The first kappa shape index (κ1) is 30.3. The van der Waals surface area contributed by atoms with E-state index in [-0.39, 0.29) is 12.4 Å². The summed E-state index contributed by atoms with van der Waals surface area (Å²) in [5, 5.41) is 10.6. The summed E-state index contributed by atoms with van der Waals surface area (Å²) < 4.78 is 5.86. The lowest BCUT2D eigenvalue weighted by Crippen LogP contribution is -2.22. The molecule has 41 heavy (non-hydrogen) atoms. The molecule has 0 saturated heterocycles. The van der Waals surface area contributed by atoms with E-state index in [0.29, 0.717) is 64.5 Å². The van der Waals surface area contributed by atoms with Crippen molar-refractivity contribution in [2.24, 2.45) is 5.73 Å². The molecule has 1 aromatic carbocycles. The molecule has 9 nitrogen and oxygen atoms in total. The first-order chi connectivity index (χ1) is 19.5. The number of aromatic nitrogens is 3. The van der Waals surface area contributed by atoms with Gasteiger partial charge in [-0.25, -0.2) is 15.0 Å². The number of carbonyl (C=O) groups is 1. The van der Waals surface area contributed by atoms with Gasteiger partial charge in [0, 0.05) is 55.3 Å². The summed E-state index contributed by atoms with van der Waals surface area (Å²) >= 11 is 6.68. The zero-order valence-electron chi connectivity index (χ0n) is 24.7. The van der Waals surface area contributed by atoms with Gasteiger partial charge in [0.25, 0.3) is 0 Å². The molecule has 10 heteroatoms. The number of benzene rings is 1. The number of fused-ring (bicyclic) bond motifs is 1. The molecule has 1 atom stereocenters. The van der Waals surface area contributed by atoms with Gasteiger partial charge in [0.2, 0.25) is 0 Å². The molecule has 1 aliphatic rings. The summed E-state index contributed by atoms with van der Waals surface area (Å²) in [6.45, 7) is 11.4. The number of ether oxygens (including phenoxy) is 1. The number of nitrogens with zero attached hydrogens (tertiary/aromatic N) is 5. The molecular weight excluding hydrogens is 540 g/mol. The number of hydrogen-bond donors (Lipinski definition) is 2. The maximum Gasteiger partial charge on any atom is 0.163 e. The second-order valence-electron chi connectivity index (χ2n) is 10.5. The van der Waals surface area contributed by atoms with E-state index in [0.717, 1.165) is 29.9 Å². The van der Waals surface area contributed by atoms with E-state index in [1.54, 1.807) is 25.1 Å². The number of anilines is 2. The second-order valence-corrected chi connectivity index (χ2v) is 10.9. The minimum Gasteiger partial charge on any atom is -0.491 e. The molecule has 3 N–H and O–H groups in total. The van der Waals surface area contributed by atoms with Gasteiger partial charge in [-0.1, -0.05) is 24.9 Å². The Balaban J connectivity index is 1.84. The van der Waals surface area contributed by atoms with E-state index in [1.807, 2.05) is 33.2 Å². The Morgan fingerprint density at radius 3 is 2.63 bits per heavy atom. The van der Waals surface area contributed by atoms with E-state index >= 15 is 0 Å². The van der Waals surface area contributed by atoms with E-state index in [9.17, 15) is 9.90 Å². The maximum atomic E-state index is 12.8. The topological polar surface area (TPSA) is 118 Å². The largest absolute Gasteiger partial charge is 0.491 e. The monoisotopic (exact) mass is 578 g/mol. The van der Waals surface area contributed by atoms with Gasteiger partial charge < -0.3 is 25.4 Å². The molecule has 1 aliphatic heterocycles. The molecule has 0 radical (unpaired) electrons. The first-order valence-electron chi connectivity index (χ1n) is 13.9. The van der Waals surface area contributed by atoms with Crippen LogP contribution in [-0.2, 0) is 17.9 Å². The van der Waals surface area contributed by atoms with Crippen molar-refractivity contribution in [1.29, 1.82) is 0 Å². The van der Waals surface area contributed by atoms with Crippen LogP contribution in [-0.4, -0.2) is 52.1 Å². The van der Waals surface area contributed by atoms with Crippen LogP contribution in [0, 0.1) is 6.92 Å². The number of aliphatic hydroxyl groups excluding tert-OH is 1. The Hall–Kier alpha value is -3.69. The lowest BCUT2D eigenvalue weighted by Gasteiger charge is -2.23. The molecule has 4 rings (SSSR count). The molecule has 218 valence electrons. The third kappa shape index (κ3) is 6.47. The van der Waals surface area contributed by atoms with Gasteiger partial charge in [-0.15, -0.1) is 0 Å². The summed E-state index contributed by atoms with van der Waals surface area (Å²) in [4.78, 5) is 31.6. The molecular formula is C31H39ClN6O3. The summed E-state index contributed by atoms with van der Waals surface area (Å²) in [6.07, 6.45) is 2.78. The van der Waals surface area contributed by atoms with Crippen LogP contribution >= 0.6 is 11.6 Å². The van der Waals surface area contributed by atoms with Crippen molar-refractivity contribution in [3.63, 3.8) is 0 Å². The van der Waals surface area contributed by atoms with Crippen LogP contribution < -0.4 is 20.3 Å².